The molecule has 2 N–H and O–H groups in total. The molecule has 0 saturated carbocycles. The van der Waals surface area contributed by atoms with Gasteiger partial charge in [0.2, 0.25) is 5.91 Å². The van der Waals surface area contributed by atoms with Crippen molar-refractivity contribution in [1.29, 1.82) is 0 Å². The Hall–Kier alpha value is -2.07. The van der Waals surface area contributed by atoms with Crippen LogP contribution in [0.3, 0.4) is 0 Å². The minimum Gasteiger partial charge on any atom is -0.384 e. The van der Waals surface area contributed by atoms with Crippen LogP contribution in [0, 0.1) is 17.6 Å². The number of nitrogens with zero attached hydrogens (tertiary/aromatic N) is 1. The molecular weight excluding hydrogens is 535 g/mol. The quantitative estimate of drug-likeness (QED) is 0.243. The molecule has 2 aromatic carbocycles. The fraction of sp³-hybridized carbons (Fsp3) is 0.581. The van der Waals surface area contributed by atoms with Gasteiger partial charge in [-0.1, -0.05) is 18.2 Å². The third-order valence-electron chi connectivity index (χ3n) is 8.60. The van der Waals surface area contributed by atoms with E-state index in [2.05, 4.69) is 28.2 Å². The largest absolute Gasteiger partial charge is 0.384 e. The van der Waals surface area contributed by atoms with Crippen LogP contribution in [0.4, 0.5) is 18.9 Å². The summed E-state index contributed by atoms with van der Waals surface area (Å²) in [6.07, 6.45) is 4.10. The molecule has 3 heterocycles. The summed E-state index contributed by atoms with van der Waals surface area (Å²) in [6, 6.07) is 11.5. The maximum absolute atomic E-state index is 15.1. The van der Waals surface area contributed by atoms with Crippen LogP contribution in [0.25, 0.3) is 0 Å². The molecule has 3 unspecified atom stereocenters. The number of carbonyl (C=O) groups is 1. The van der Waals surface area contributed by atoms with E-state index in [9.17, 15) is 13.6 Å². The highest BCUT2D eigenvalue weighted by Gasteiger charge is 2.40. The number of hydrogen-bond donors (Lipinski definition) is 3. The predicted octanol–water partition coefficient (Wildman–Crippen LogP) is 5.54. The Balaban J connectivity index is 1.45. The molecule has 3 aliphatic rings. The molecule has 3 fully saturated rings. The minimum atomic E-state index is -0.837. The fourth-order valence-corrected chi connectivity index (χ4v) is 6.57. The van der Waals surface area contributed by atoms with Crippen LogP contribution in [-0.4, -0.2) is 68.7 Å². The van der Waals surface area contributed by atoms with E-state index in [-0.39, 0.29) is 37.0 Å². The van der Waals surface area contributed by atoms with Gasteiger partial charge in [-0.05, 0) is 80.0 Å². The number of halogens is 3. The van der Waals surface area contributed by atoms with Crippen LogP contribution in [0.15, 0.2) is 42.5 Å². The number of alkyl halides is 1. The predicted molar refractivity (Wildman–Crippen MR) is 157 cm³/mol. The maximum Gasteiger partial charge on any atom is 0.225 e. The van der Waals surface area contributed by atoms with Crippen LogP contribution in [-0.2, 0) is 21.4 Å². The molecule has 0 aliphatic carbocycles. The molecule has 0 aromatic heterocycles. The summed E-state index contributed by atoms with van der Waals surface area (Å²) in [4.78, 5) is 16.0. The number of carbonyl (C=O) groups excluding carboxylic acids is 1. The molecular formula is C31H42F3N3O2S. The van der Waals surface area contributed by atoms with Crippen molar-refractivity contribution in [3.63, 3.8) is 0 Å². The number of nitrogens with one attached hydrogen (secondary N) is 2. The molecule has 0 spiro atoms. The van der Waals surface area contributed by atoms with E-state index in [0.29, 0.717) is 47.7 Å². The van der Waals surface area contributed by atoms with E-state index in [4.69, 9.17) is 4.74 Å². The lowest BCUT2D eigenvalue weighted by atomic mass is 9.74. The van der Waals surface area contributed by atoms with Gasteiger partial charge in [0.1, 0.15) is 11.6 Å². The highest BCUT2D eigenvalue weighted by molar-refractivity contribution is 7.80. The molecule has 3 saturated heterocycles. The van der Waals surface area contributed by atoms with Gasteiger partial charge in [-0.25, -0.2) is 8.78 Å². The standard InChI is InChI=1S/C31H42F3N3O2S/c1-39-21-31(14-4-15-32,23-8-10-24(33)11-9-23)17-30(38)36-29-7-2-6-27(34)26(29)12-13-28-22-19-37(20-22)25(18-35-28)5-3-16-40/h2,6-11,22,25,28,35,40H,3-5,12-21H2,1H3,(H,36,38). The van der Waals surface area contributed by atoms with Gasteiger partial charge in [0.05, 0.1) is 13.3 Å². The molecule has 9 heteroatoms. The van der Waals surface area contributed by atoms with Gasteiger partial charge in [0, 0.05) is 61.9 Å². The first-order valence-corrected chi connectivity index (χ1v) is 15.0. The van der Waals surface area contributed by atoms with Crippen LogP contribution in [0.1, 0.15) is 49.7 Å². The molecule has 3 aliphatic heterocycles. The van der Waals surface area contributed by atoms with Crippen molar-refractivity contribution >= 4 is 24.2 Å². The number of benzene rings is 2. The van der Waals surface area contributed by atoms with E-state index in [1.807, 2.05) is 0 Å². The van der Waals surface area contributed by atoms with Crippen molar-refractivity contribution < 1.29 is 22.7 Å². The summed E-state index contributed by atoms with van der Waals surface area (Å²) in [5, 5.41) is 6.66. The zero-order chi connectivity index (χ0) is 28.5. The summed E-state index contributed by atoms with van der Waals surface area (Å²) in [6.45, 7) is 2.70. The lowest BCUT2D eigenvalue weighted by Crippen LogP contribution is -2.53. The topological polar surface area (TPSA) is 53.6 Å². The smallest absolute Gasteiger partial charge is 0.225 e. The zero-order valence-corrected chi connectivity index (χ0v) is 24.2. The van der Waals surface area contributed by atoms with E-state index in [1.54, 1.807) is 24.3 Å². The number of ether oxygens (including phenoxy) is 1. The number of anilines is 1. The Labute approximate surface area is 241 Å². The number of rotatable bonds is 15. The van der Waals surface area contributed by atoms with E-state index in [0.717, 1.165) is 44.6 Å². The molecule has 5 nitrogen and oxygen atoms in total. The molecule has 40 heavy (non-hydrogen) atoms. The molecule has 0 radical (unpaired) electrons. The molecule has 1 amide bonds. The summed E-state index contributed by atoms with van der Waals surface area (Å²) in [5.74, 6) is 0.395. The van der Waals surface area contributed by atoms with E-state index >= 15 is 4.39 Å². The van der Waals surface area contributed by atoms with Crippen LogP contribution < -0.4 is 10.6 Å². The van der Waals surface area contributed by atoms with Crippen LogP contribution >= 0.6 is 12.6 Å². The van der Waals surface area contributed by atoms with Crippen LogP contribution in [0.5, 0.6) is 0 Å². The SMILES string of the molecule is COCC(CCCF)(CC(=O)Nc1cccc(F)c1CCC1NCC(CCCS)N2CC1C2)c1ccc(F)cc1. The van der Waals surface area contributed by atoms with Crippen molar-refractivity contribution in [2.45, 2.75) is 62.4 Å². The Morgan fingerprint density at radius 3 is 2.62 bits per heavy atom. The zero-order valence-electron chi connectivity index (χ0n) is 23.3. The number of fused-ring (bicyclic) bond motifs is 3. The lowest BCUT2D eigenvalue weighted by molar-refractivity contribution is -0.118. The second-order valence-corrected chi connectivity index (χ2v) is 11.7. The highest BCUT2D eigenvalue weighted by Crippen LogP contribution is 2.35. The molecule has 5 rings (SSSR count). The monoisotopic (exact) mass is 577 g/mol. The molecule has 220 valence electrons. The fourth-order valence-electron chi connectivity index (χ4n) is 6.39. The van der Waals surface area contributed by atoms with Crippen molar-refractivity contribution in [2.24, 2.45) is 5.92 Å². The van der Waals surface area contributed by atoms with Crippen molar-refractivity contribution in [3.05, 3.63) is 65.2 Å². The van der Waals surface area contributed by atoms with Gasteiger partial charge in [-0.15, -0.1) is 0 Å². The third-order valence-corrected chi connectivity index (χ3v) is 8.91. The van der Waals surface area contributed by atoms with Gasteiger partial charge in [-0.3, -0.25) is 14.1 Å². The molecule has 2 bridgehead atoms. The number of methoxy groups -OCH3 is 1. The van der Waals surface area contributed by atoms with Gasteiger partial charge in [-0.2, -0.15) is 12.6 Å². The Kier molecular flexibility index (Phi) is 11.4. The first-order valence-electron chi connectivity index (χ1n) is 14.4. The summed E-state index contributed by atoms with van der Waals surface area (Å²) < 4.78 is 47.5. The summed E-state index contributed by atoms with van der Waals surface area (Å²) >= 11 is 4.35. The van der Waals surface area contributed by atoms with Crippen molar-refractivity contribution in [1.82, 2.24) is 10.2 Å². The first-order chi connectivity index (χ1) is 19.4. The van der Waals surface area contributed by atoms with E-state index in [1.165, 1.54) is 25.3 Å². The second-order valence-electron chi connectivity index (χ2n) is 11.3. The maximum atomic E-state index is 15.1. The Morgan fingerprint density at radius 2 is 1.93 bits per heavy atom. The van der Waals surface area contributed by atoms with Crippen molar-refractivity contribution in [2.75, 3.05) is 51.1 Å². The normalized spacial score (nSPS) is 23.6. The first kappa shape index (κ1) is 30.9. The average molecular weight is 578 g/mol. The minimum absolute atomic E-state index is 0.00180. The number of amides is 1. The van der Waals surface area contributed by atoms with Crippen molar-refractivity contribution in [3.8, 4) is 0 Å². The average Bonchev–Trinajstić information content (AvgIpc) is 3.19. The Morgan fingerprint density at radius 1 is 1.15 bits per heavy atom. The summed E-state index contributed by atoms with van der Waals surface area (Å²) in [5.41, 5.74) is 0.820. The van der Waals surface area contributed by atoms with E-state index < -0.39 is 12.1 Å². The lowest BCUT2D eigenvalue weighted by Gasteiger charge is -2.43. The molecule has 2 aromatic rings. The second kappa shape index (κ2) is 14.7. The summed E-state index contributed by atoms with van der Waals surface area (Å²) in [7, 11) is 1.53. The van der Waals surface area contributed by atoms with Gasteiger partial charge < -0.3 is 15.4 Å². The van der Waals surface area contributed by atoms with Gasteiger partial charge >= 0.3 is 0 Å². The van der Waals surface area contributed by atoms with Gasteiger partial charge in [0.15, 0.2) is 0 Å². The van der Waals surface area contributed by atoms with Gasteiger partial charge in [0.25, 0.3) is 0 Å². The highest BCUT2D eigenvalue weighted by atomic mass is 32.1. The van der Waals surface area contributed by atoms with Crippen LogP contribution in [0.2, 0.25) is 0 Å². The third kappa shape index (κ3) is 7.60. The Bertz CT molecular complexity index is 1100. The number of thiol groups is 1. The number of hydrogen-bond acceptors (Lipinski definition) is 5. The molecule has 3 atom stereocenters.